The van der Waals surface area contributed by atoms with Crippen LogP contribution in [0.5, 0.6) is 0 Å². The Kier molecular flexibility index (Phi) is 3.72. The molecular weight excluding hydrogens is 266 g/mol. The molecule has 0 radical (unpaired) electrons. The zero-order valence-electron chi connectivity index (χ0n) is 11.7. The fourth-order valence-corrected chi connectivity index (χ4v) is 4.17. The molecule has 20 heavy (non-hydrogen) atoms. The van der Waals surface area contributed by atoms with Gasteiger partial charge in [0.2, 0.25) is 0 Å². The van der Waals surface area contributed by atoms with E-state index in [9.17, 15) is 4.79 Å². The van der Waals surface area contributed by atoms with Gasteiger partial charge in [-0.3, -0.25) is 4.79 Å². The molecule has 1 saturated heterocycles. The molecule has 0 amide bonds. The second kappa shape index (κ2) is 5.51. The molecular formula is C17H19NOS. The number of benzene rings is 1. The summed E-state index contributed by atoms with van der Waals surface area (Å²) in [4.78, 5) is 13.6. The molecule has 3 heteroatoms. The zero-order valence-corrected chi connectivity index (χ0v) is 12.5. The van der Waals surface area contributed by atoms with Crippen LogP contribution in [0.4, 0.5) is 0 Å². The van der Waals surface area contributed by atoms with E-state index in [0.29, 0.717) is 5.78 Å². The van der Waals surface area contributed by atoms with Gasteiger partial charge in [-0.25, -0.2) is 0 Å². The van der Waals surface area contributed by atoms with Crippen molar-refractivity contribution in [3.05, 3.63) is 47.3 Å². The second-order valence-electron chi connectivity index (χ2n) is 5.42. The highest BCUT2D eigenvalue weighted by Gasteiger charge is 2.40. The summed E-state index contributed by atoms with van der Waals surface area (Å²) in [5.74, 6) is 0.301. The SMILES string of the molecule is CC(=O)C1(c2ccsc2-c2ccccc2)CCNCC1. The van der Waals surface area contributed by atoms with Crippen molar-refractivity contribution in [2.75, 3.05) is 13.1 Å². The van der Waals surface area contributed by atoms with E-state index in [1.165, 1.54) is 16.0 Å². The van der Waals surface area contributed by atoms with Crippen LogP contribution in [0.2, 0.25) is 0 Å². The van der Waals surface area contributed by atoms with E-state index in [1.807, 2.05) is 6.07 Å². The Hall–Kier alpha value is -1.45. The molecule has 1 aromatic carbocycles. The minimum atomic E-state index is -0.295. The number of piperidine rings is 1. The van der Waals surface area contributed by atoms with Gasteiger partial charge in [-0.1, -0.05) is 30.3 Å². The predicted molar refractivity (Wildman–Crippen MR) is 84.2 cm³/mol. The van der Waals surface area contributed by atoms with Gasteiger partial charge in [0.25, 0.3) is 0 Å². The fraction of sp³-hybridized carbons (Fsp3) is 0.353. The predicted octanol–water partition coefficient (Wildman–Crippen LogP) is 3.63. The lowest BCUT2D eigenvalue weighted by molar-refractivity contribution is -0.123. The minimum absolute atomic E-state index is 0.295. The number of hydrogen-bond acceptors (Lipinski definition) is 3. The molecule has 104 valence electrons. The first-order valence-electron chi connectivity index (χ1n) is 7.09. The molecule has 0 bridgehead atoms. The second-order valence-corrected chi connectivity index (χ2v) is 6.33. The maximum atomic E-state index is 12.4. The zero-order chi connectivity index (χ0) is 14.0. The van der Waals surface area contributed by atoms with Crippen LogP contribution in [0.15, 0.2) is 41.8 Å². The Morgan fingerprint density at radius 3 is 2.50 bits per heavy atom. The quantitative estimate of drug-likeness (QED) is 0.933. The average molecular weight is 285 g/mol. The number of ketones is 1. The van der Waals surface area contributed by atoms with Crippen molar-refractivity contribution < 1.29 is 4.79 Å². The number of hydrogen-bond donors (Lipinski definition) is 1. The summed E-state index contributed by atoms with van der Waals surface area (Å²) in [6.45, 7) is 3.59. The van der Waals surface area contributed by atoms with Crippen molar-refractivity contribution in [3.8, 4) is 10.4 Å². The molecule has 2 aromatic rings. The number of Topliss-reactive ketones (excluding diaryl/α,β-unsaturated/α-hetero) is 1. The number of thiophene rings is 1. The molecule has 0 unspecified atom stereocenters. The highest BCUT2D eigenvalue weighted by Crippen LogP contribution is 2.42. The lowest BCUT2D eigenvalue weighted by atomic mass is 9.70. The fourth-order valence-electron chi connectivity index (χ4n) is 3.16. The van der Waals surface area contributed by atoms with Crippen LogP contribution in [-0.4, -0.2) is 18.9 Å². The third kappa shape index (κ3) is 2.21. The Labute approximate surface area is 123 Å². The Morgan fingerprint density at radius 1 is 1.15 bits per heavy atom. The molecule has 0 atom stereocenters. The van der Waals surface area contributed by atoms with Crippen LogP contribution in [0.1, 0.15) is 25.3 Å². The Bertz CT molecular complexity index is 596. The number of carbonyl (C=O) groups is 1. The molecule has 2 heterocycles. The topological polar surface area (TPSA) is 29.1 Å². The van der Waals surface area contributed by atoms with Gasteiger partial charge in [-0.2, -0.15) is 0 Å². The van der Waals surface area contributed by atoms with Crippen LogP contribution in [0.3, 0.4) is 0 Å². The highest BCUT2D eigenvalue weighted by molar-refractivity contribution is 7.13. The summed E-state index contributed by atoms with van der Waals surface area (Å²) < 4.78 is 0. The maximum absolute atomic E-state index is 12.4. The van der Waals surface area contributed by atoms with Crippen molar-refractivity contribution in [1.29, 1.82) is 0 Å². The number of carbonyl (C=O) groups excluding carboxylic acids is 1. The summed E-state index contributed by atoms with van der Waals surface area (Å²) in [5.41, 5.74) is 2.15. The standard InChI is InChI=1S/C17H19NOS/c1-13(19)17(8-10-18-11-9-17)15-7-12-20-16(15)14-5-3-2-4-6-14/h2-7,12,18H,8-11H2,1H3. The summed E-state index contributed by atoms with van der Waals surface area (Å²) in [5, 5.41) is 5.48. The third-order valence-corrected chi connectivity index (χ3v) is 5.31. The molecule has 1 N–H and O–H groups in total. The first-order valence-corrected chi connectivity index (χ1v) is 7.97. The Balaban J connectivity index is 2.10. The minimum Gasteiger partial charge on any atom is -0.317 e. The molecule has 3 rings (SSSR count). The van der Waals surface area contributed by atoms with E-state index in [2.05, 4.69) is 41.0 Å². The molecule has 1 fully saturated rings. The van der Waals surface area contributed by atoms with Crippen LogP contribution in [0.25, 0.3) is 10.4 Å². The lowest BCUT2D eigenvalue weighted by Gasteiger charge is -2.36. The maximum Gasteiger partial charge on any atom is 0.140 e. The van der Waals surface area contributed by atoms with Crippen LogP contribution in [0, 0.1) is 0 Å². The van der Waals surface area contributed by atoms with Crippen molar-refractivity contribution in [3.63, 3.8) is 0 Å². The summed E-state index contributed by atoms with van der Waals surface area (Å²) in [6.07, 6.45) is 1.80. The normalized spacial score (nSPS) is 17.9. The van der Waals surface area contributed by atoms with Crippen LogP contribution < -0.4 is 5.32 Å². The van der Waals surface area contributed by atoms with E-state index in [4.69, 9.17) is 0 Å². The molecule has 0 aliphatic carbocycles. The van der Waals surface area contributed by atoms with Gasteiger partial charge in [0.05, 0.1) is 5.41 Å². The molecule has 1 aliphatic heterocycles. The summed E-state index contributed by atoms with van der Waals surface area (Å²) in [7, 11) is 0. The molecule has 0 saturated carbocycles. The van der Waals surface area contributed by atoms with E-state index in [0.717, 1.165) is 25.9 Å². The van der Waals surface area contributed by atoms with E-state index < -0.39 is 0 Å². The third-order valence-electron chi connectivity index (χ3n) is 4.35. The molecule has 1 aromatic heterocycles. The lowest BCUT2D eigenvalue weighted by Crippen LogP contribution is -2.44. The average Bonchev–Trinajstić information content (AvgIpc) is 2.98. The van der Waals surface area contributed by atoms with E-state index >= 15 is 0 Å². The van der Waals surface area contributed by atoms with Gasteiger partial charge in [0.15, 0.2) is 0 Å². The number of nitrogens with one attached hydrogen (secondary N) is 1. The summed E-state index contributed by atoms with van der Waals surface area (Å²) in [6, 6.07) is 12.6. The van der Waals surface area contributed by atoms with E-state index in [-0.39, 0.29) is 5.41 Å². The molecule has 2 nitrogen and oxygen atoms in total. The number of rotatable bonds is 3. The van der Waals surface area contributed by atoms with Crippen molar-refractivity contribution >= 4 is 17.1 Å². The van der Waals surface area contributed by atoms with Crippen molar-refractivity contribution in [2.45, 2.75) is 25.2 Å². The van der Waals surface area contributed by atoms with E-state index in [1.54, 1.807) is 18.3 Å². The molecule has 0 spiro atoms. The van der Waals surface area contributed by atoms with Crippen LogP contribution >= 0.6 is 11.3 Å². The Morgan fingerprint density at radius 2 is 1.85 bits per heavy atom. The van der Waals surface area contributed by atoms with Gasteiger partial charge in [0, 0.05) is 4.88 Å². The van der Waals surface area contributed by atoms with Gasteiger partial charge in [-0.05, 0) is 55.4 Å². The monoisotopic (exact) mass is 285 g/mol. The summed E-state index contributed by atoms with van der Waals surface area (Å²) >= 11 is 1.74. The van der Waals surface area contributed by atoms with Crippen molar-refractivity contribution in [2.24, 2.45) is 0 Å². The molecule has 1 aliphatic rings. The van der Waals surface area contributed by atoms with Crippen LogP contribution in [-0.2, 0) is 10.2 Å². The largest absolute Gasteiger partial charge is 0.317 e. The highest BCUT2D eigenvalue weighted by atomic mass is 32.1. The van der Waals surface area contributed by atoms with Gasteiger partial charge >= 0.3 is 0 Å². The van der Waals surface area contributed by atoms with Crippen molar-refractivity contribution in [1.82, 2.24) is 5.32 Å². The van der Waals surface area contributed by atoms with Gasteiger partial charge in [0.1, 0.15) is 5.78 Å². The van der Waals surface area contributed by atoms with Gasteiger partial charge in [-0.15, -0.1) is 11.3 Å². The smallest absolute Gasteiger partial charge is 0.140 e. The van der Waals surface area contributed by atoms with Gasteiger partial charge < -0.3 is 5.32 Å². The first kappa shape index (κ1) is 13.5. The first-order chi connectivity index (χ1) is 9.74.